The van der Waals surface area contributed by atoms with Crippen LogP contribution in [0.1, 0.15) is 11.1 Å². The first-order valence-corrected chi connectivity index (χ1v) is 8.22. The molecule has 22 heavy (non-hydrogen) atoms. The second-order valence-electron chi connectivity index (χ2n) is 4.94. The predicted molar refractivity (Wildman–Crippen MR) is 81.4 cm³/mol. The van der Waals surface area contributed by atoms with Gasteiger partial charge in [0.15, 0.2) is 11.6 Å². The van der Waals surface area contributed by atoms with Crippen molar-refractivity contribution in [3.63, 3.8) is 0 Å². The van der Waals surface area contributed by atoms with Gasteiger partial charge in [-0.2, -0.15) is 0 Å². The van der Waals surface area contributed by atoms with E-state index in [1.807, 2.05) is 0 Å². The lowest BCUT2D eigenvalue weighted by atomic mass is 10.1. The monoisotopic (exact) mass is 319 g/mol. The third-order valence-electron chi connectivity index (χ3n) is 3.45. The van der Waals surface area contributed by atoms with Gasteiger partial charge >= 0.3 is 0 Å². The van der Waals surface area contributed by atoms with E-state index in [1.165, 1.54) is 17.5 Å². The summed E-state index contributed by atoms with van der Waals surface area (Å²) >= 11 is 0. The molecule has 0 radical (unpaired) electrons. The summed E-state index contributed by atoms with van der Waals surface area (Å²) in [5, 5.41) is 1.17. The second kappa shape index (κ2) is 5.55. The van der Waals surface area contributed by atoms with E-state index in [9.17, 15) is 12.8 Å². The largest absolute Gasteiger partial charge is 0.486 e. The van der Waals surface area contributed by atoms with Crippen LogP contribution in [-0.4, -0.2) is 15.0 Å². The van der Waals surface area contributed by atoms with E-state index in [1.54, 1.807) is 30.3 Å². The Kier molecular flexibility index (Phi) is 3.72. The molecule has 2 aromatic rings. The number of sulfone groups is 1. The van der Waals surface area contributed by atoms with E-state index in [0.29, 0.717) is 17.7 Å². The molecule has 0 atom stereocenters. The van der Waals surface area contributed by atoms with Gasteiger partial charge in [-0.1, -0.05) is 18.2 Å². The zero-order valence-electron chi connectivity index (χ0n) is 11.6. The molecule has 2 aromatic carbocycles. The SMILES string of the molecule is NCc1ccc2c(c1)C(COc1ccccc1F)=CS2(=O)=O. The van der Waals surface area contributed by atoms with Crippen LogP contribution < -0.4 is 10.5 Å². The summed E-state index contributed by atoms with van der Waals surface area (Å²) in [5.41, 5.74) is 7.48. The van der Waals surface area contributed by atoms with Gasteiger partial charge in [-0.3, -0.25) is 0 Å². The number of ether oxygens (including phenoxy) is 1. The van der Waals surface area contributed by atoms with Gasteiger partial charge in [-0.05, 0) is 29.8 Å². The molecule has 0 unspecified atom stereocenters. The summed E-state index contributed by atoms with van der Waals surface area (Å²) in [6.07, 6.45) is 0. The molecule has 114 valence electrons. The van der Waals surface area contributed by atoms with Crippen LogP contribution in [0.5, 0.6) is 5.75 Å². The molecule has 3 rings (SSSR count). The maximum absolute atomic E-state index is 13.6. The van der Waals surface area contributed by atoms with Gasteiger partial charge in [0.2, 0.25) is 9.84 Å². The lowest BCUT2D eigenvalue weighted by Crippen LogP contribution is -2.03. The van der Waals surface area contributed by atoms with Crippen molar-refractivity contribution in [2.45, 2.75) is 11.4 Å². The Morgan fingerprint density at radius 3 is 2.64 bits per heavy atom. The molecule has 1 aliphatic rings. The highest BCUT2D eigenvalue weighted by Crippen LogP contribution is 2.34. The predicted octanol–water partition coefficient (Wildman–Crippen LogP) is 2.49. The molecule has 4 nitrogen and oxygen atoms in total. The van der Waals surface area contributed by atoms with E-state index < -0.39 is 15.7 Å². The van der Waals surface area contributed by atoms with Gasteiger partial charge in [-0.15, -0.1) is 0 Å². The number of para-hydroxylation sites is 1. The van der Waals surface area contributed by atoms with Crippen molar-refractivity contribution >= 4 is 15.4 Å². The molecule has 1 heterocycles. The third-order valence-corrected chi connectivity index (χ3v) is 5.01. The second-order valence-corrected chi connectivity index (χ2v) is 6.71. The van der Waals surface area contributed by atoms with Crippen molar-refractivity contribution in [1.29, 1.82) is 0 Å². The zero-order chi connectivity index (χ0) is 15.7. The molecule has 0 saturated heterocycles. The van der Waals surface area contributed by atoms with Crippen molar-refractivity contribution in [2.75, 3.05) is 6.61 Å². The highest BCUT2D eigenvalue weighted by atomic mass is 32.2. The molecular formula is C16H14FNO3S. The molecule has 0 aromatic heterocycles. The number of fused-ring (bicyclic) bond motifs is 1. The van der Waals surface area contributed by atoms with Gasteiger partial charge in [0.25, 0.3) is 0 Å². The van der Waals surface area contributed by atoms with Gasteiger partial charge in [-0.25, -0.2) is 12.8 Å². The van der Waals surface area contributed by atoms with E-state index in [4.69, 9.17) is 10.5 Å². The van der Waals surface area contributed by atoms with Crippen LogP contribution in [-0.2, 0) is 16.4 Å². The van der Waals surface area contributed by atoms with Crippen LogP contribution in [0.15, 0.2) is 52.8 Å². The summed E-state index contributed by atoms with van der Waals surface area (Å²) < 4.78 is 43.2. The van der Waals surface area contributed by atoms with E-state index in [2.05, 4.69) is 0 Å². The standard InChI is InChI=1S/C16H14FNO3S/c17-14-3-1-2-4-15(14)21-9-12-10-22(19,20)16-6-5-11(8-18)7-13(12)16/h1-7,10H,8-9,18H2. The Balaban J connectivity index is 1.91. The minimum atomic E-state index is -3.47. The molecule has 0 fully saturated rings. The Hall–Kier alpha value is -2.18. The van der Waals surface area contributed by atoms with Crippen molar-refractivity contribution < 1.29 is 17.5 Å². The first kappa shape index (κ1) is 14.7. The number of rotatable bonds is 4. The average molecular weight is 319 g/mol. The Morgan fingerprint density at radius 1 is 1.14 bits per heavy atom. The van der Waals surface area contributed by atoms with Crippen molar-refractivity contribution in [3.05, 3.63) is 64.8 Å². The number of benzene rings is 2. The fraction of sp³-hybridized carbons (Fsp3) is 0.125. The fourth-order valence-corrected chi connectivity index (χ4v) is 3.80. The van der Waals surface area contributed by atoms with Crippen LogP contribution >= 0.6 is 0 Å². The van der Waals surface area contributed by atoms with E-state index in [-0.39, 0.29) is 17.3 Å². The Morgan fingerprint density at radius 2 is 1.91 bits per heavy atom. The summed E-state index contributed by atoms with van der Waals surface area (Å²) in [4.78, 5) is 0.233. The highest BCUT2D eigenvalue weighted by molar-refractivity contribution is 7.95. The normalized spacial score (nSPS) is 15.3. The summed E-state index contributed by atoms with van der Waals surface area (Å²) in [5.74, 6) is -0.399. The maximum atomic E-state index is 13.6. The van der Waals surface area contributed by atoms with Gasteiger partial charge < -0.3 is 10.5 Å². The first-order valence-electron chi connectivity index (χ1n) is 6.67. The molecule has 2 N–H and O–H groups in total. The van der Waals surface area contributed by atoms with E-state index >= 15 is 0 Å². The molecule has 6 heteroatoms. The number of hydrogen-bond acceptors (Lipinski definition) is 4. The quantitative estimate of drug-likeness (QED) is 0.940. The first-order chi connectivity index (χ1) is 10.5. The van der Waals surface area contributed by atoms with Crippen molar-refractivity contribution in [2.24, 2.45) is 5.73 Å². The lowest BCUT2D eigenvalue weighted by Gasteiger charge is -2.09. The van der Waals surface area contributed by atoms with Crippen LogP contribution in [0.2, 0.25) is 0 Å². The van der Waals surface area contributed by atoms with Crippen LogP contribution in [0.25, 0.3) is 5.57 Å². The van der Waals surface area contributed by atoms with Gasteiger partial charge in [0, 0.05) is 23.1 Å². The molecular weight excluding hydrogens is 305 g/mol. The summed E-state index contributed by atoms with van der Waals surface area (Å²) in [7, 11) is -3.47. The third kappa shape index (κ3) is 2.63. The average Bonchev–Trinajstić information content (AvgIpc) is 2.77. The van der Waals surface area contributed by atoms with Crippen LogP contribution in [0.4, 0.5) is 4.39 Å². The number of nitrogens with two attached hydrogens (primary N) is 1. The fourth-order valence-electron chi connectivity index (χ4n) is 2.35. The molecule has 0 spiro atoms. The molecule has 0 bridgehead atoms. The van der Waals surface area contributed by atoms with Crippen molar-refractivity contribution in [1.82, 2.24) is 0 Å². The number of hydrogen-bond donors (Lipinski definition) is 1. The lowest BCUT2D eigenvalue weighted by molar-refractivity contribution is 0.348. The summed E-state index contributed by atoms with van der Waals surface area (Å²) in [6, 6.07) is 11.0. The molecule has 1 aliphatic heterocycles. The Labute approximate surface area is 127 Å². The van der Waals surface area contributed by atoms with Crippen molar-refractivity contribution in [3.8, 4) is 5.75 Å². The van der Waals surface area contributed by atoms with Crippen LogP contribution in [0.3, 0.4) is 0 Å². The smallest absolute Gasteiger partial charge is 0.200 e. The minimum Gasteiger partial charge on any atom is -0.486 e. The summed E-state index contributed by atoms with van der Waals surface area (Å²) in [6.45, 7) is 0.288. The van der Waals surface area contributed by atoms with Crippen LogP contribution in [0, 0.1) is 5.82 Å². The molecule has 0 amide bonds. The van der Waals surface area contributed by atoms with Gasteiger partial charge in [0.05, 0.1) is 4.90 Å². The maximum Gasteiger partial charge on any atom is 0.200 e. The molecule has 0 saturated carbocycles. The topological polar surface area (TPSA) is 69.4 Å². The van der Waals surface area contributed by atoms with E-state index in [0.717, 1.165) is 5.56 Å². The highest BCUT2D eigenvalue weighted by Gasteiger charge is 2.27. The zero-order valence-corrected chi connectivity index (χ0v) is 12.4. The Bertz CT molecular complexity index is 859. The van der Waals surface area contributed by atoms with Gasteiger partial charge in [0.1, 0.15) is 6.61 Å². The molecule has 0 aliphatic carbocycles. The minimum absolute atomic E-state index is 0.0266. The number of halogens is 1.